The molecule has 3 nitrogen and oxygen atoms in total. The zero-order chi connectivity index (χ0) is 10.4. The molecule has 3 heteroatoms. The van der Waals surface area contributed by atoms with Gasteiger partial charge < -0.3 is 5.32 Å². The molecule has 0 unspecified atom stereocenters. The number of hydrogen-bond acceptors (Lipinski definition) is 3. The molecule has 0 saturated carbocycles. The molecule has 14 heavy (non-hydrogen) atoms. The van der Waals surface area contributed by atoms with E-state index < -0.39 is 0 Å². The van der Waals surface area contributed by atoms with E-state index >= 15 is 0 Å². The van der Waals surface area contributed by atoms with Crippen molar-refractivity contribution in [2.75, 3.05) is 20.1 Å². The Morgan fingerprint density at radius 2 is 2.43 bits per heavy atom. The van der Waals surface area contributed by atoms with Gasteiger partial charge in [-0.05, 0) is 32.2 Å². The van der Waals surface area contributed by atoms with Gasteiger partial charge in [0.05, 0.1) is 0 Å². The quantitative estimate of drug-likeness (QED) is 0.676. The van der Waals surface area contributed by atoms with E-state index in [9.17, 15) is 0 Å². The molecule has 1 rings (SSSR count). The van der Waals surface area contributed by atoms with Gasteiger partial charge in [-0.25, -0.2) is 0 Å². The van der Waals surface area contributed by atoms with Crippen LogP contribution in [-0.2, 0) is 0 Å². The van der Waals surface area contributed by atoms with Crippen LogP contribution in [0.5, 0.6) is 0 Å². The van der Waals surface area contributed by atoms with Crippen LogP contribution in [0, 0.1) is 0 Å². The molecule has 1 aliphatic heterocycles. The number of hydrogen-bond donors (Lipinski definition) is 1. The Morgan fingerprint density at radius 3 is 2.93 bits per heavy atom. The van der Waals surface area contributed by atoms with Gasteiger partial charge in [0.2, 0.25) is 0 Å². The Bertz CT molecular complexity index is 298. The Labute approximate surface area is 85.3 Å². The van der Waals surface area contributed by atoms with Crippen molar-refractivity contribution in [2.24, 2.45) is 9.98 Å². The third-order valence-electron chi connectivity index (χ3n) is 2.36. The molecular formula is C11H17N3. The molecule has 1 heterocycles. The van der Waals surface area contributed by atoms with Crippen LogP contribution < -0.4 is 5.32 Å². The fourth-order valence-corrected chi connectivity index (χ4v) is 1.49. The highest BCUT2D eigenvalue weighted by atomic mass is 14.9. The second-order valence-electron chi connectivity index (χ2n) is 3.22. The van der Waals surface area contributed by atoms with Crippen molar-refractivity contribution < 1.29 is 0 Å². The maximum Gasteiger partial charge on any atom is 0.0404 e. The van der Waals surface area contributed by atoms with Crippen LogP contribution in [0.15, 0.2) is 33.4 Å². The molecule has 0 saturated heterocycles. The summed E-state index contributed by atoms with van der Waals surface area (Å²) in [6.45, 7) is 7.44. The normalized spacial score (nSPS) is 19.1. The monoisotopic (exact) mass is 191 g/mol. The molecule has 0 bridgehead atoms. The number of nitrogens with zero attached hydrogens (tertiary/aromatic N) is 2. The Hall–Kier alpha value is -1.22. The number of aliphatic imine (C=N–C) groups is 2. The topological polar surface area (TPSA) is 36.8 Å². The fraction of sp³-hybridized carbons (Fsp3) is 0.455. The zero-order valence-corrected chi connectivity index (χ0v) is 8.88. The summed E-state index contributed by atoms with van der Waals surface area (Å²) in [6.07, 6.45) is 5.02. The number of rotatable bonds is 3. The molecule has 0 aromatic heterocycles. The van der Waals surface area contributed by atoms with Crippen LogP contribution >= 0.6 is 0 Å². The van der Waals surface area contributed by atoms with Crippen molar-refractivity contribution in [3.63, 3.8) is 0 Å². The Kier molecular flexibility index (Phi) is 4.26. The van der Waals surface area contributed by atoms with Gasteiger partial charge in [0, 0.05) is 31.1 Å². The van der Waals surface area contributed by atoms with E-state index in [1.54, 1.807) is 13.2 Å². The van der Waals surface area contributed by atoms with E-state index in [1.165, 1.54) is 5.57 Å². The van der Waals surface area contributed by atoms with Crippen LogP contribution in [0.25, 0.3) is 0 Å². The molecule has 1 N–H and O–H groups in total. The predicted octanol–water partition coefficient (Wildman–Crippen LogP) is 1.58. The summed E-state index contributed by atoms with van der Waals surface area (Å²) < 4.78 is 0. The first-order valence-corrected chi connectivity index (χ1v) is 4.79. The lowest BCUT2D eigenvalue weighted by atomic mass is 9.98. The molecule has 0 fully saturated rings. The summed E-state index contributed by atoms with van der Waals surface area (Å²) in [4.78, 5) is 8.01. The van der Waals surface area contributed by atoms with E-state index in [0.29, 0.717) is 0 Å². The third kappa shape index (κ3) is 2.64. The fourth-order valence-electron chi connectivity index (χ4n) is 1.49. The van der Waals surface area contributed by atoms with Crippen molar-refractivity contribution in [1.82, 2.24) is 5.32 Å². The molecule has 1 aliphatic rings. The molecular weight excluding hydrogens is 174 g/mol. The molecule has 0 atom stereocenters. The molecule has 76 valence electrons. The first-order chi connectivity index (χ1) is 6.79. The van der Waals surface area contributed by atoms with Crippen molar-refractivity contribution >= 4 is 12.4 Å². The maximum atomic E-state index is 4.18. The van der Waals surface area contributed by atoms with Crippen molar-refractivity contribution in [3.8, 4) is 0 Å². The van der Waals surface area contributed by atoms with Crippen LogP contribution in [0.1, 0.15) is 13.3 Å². The lowest BCUT2D eigenvalue weighted by Crippen LogP contribution is -2.22. The van der Waals surface area contributed by atoms with Gasteiger partial charge >= 0.3 is 0 Å². The summed E-state index contributed by atoms with van der Waals surface area (Å²) in [5.41, 5.74) is 3.45. The highest BCUT2D eigenvalue weighted by molar-refractivity contribution is 6.02. The van der Waals surface area contributed by atoms with Gasteiger partial charge in [0.1, 0.15) is 0 Å². The van der Waals surface area contributed by atoms with Gasteiger partial charge in [-0.3, -0.25) is 9.98 Å². The summed E-state index contributed by atoms with van der Waals surface area (Å²) in [7, 11) is 1.80. The number of nitrogens with one attached hydrogen (secondary N) is 1. The van der Waals surface area contributed by atoms with Crippen molar-refractivity contribution in [1.29, 1.82) is 0 Å². The van der Waals surface area contributed by atoms with Crippen LogP contribution in [0.3, 0.4) is 0 Å². The minimum absolute atomic E-state index is 0.931. The van der Waals surface area contributed by atoms with Crippen LogP contribution in [-0.4, -0.2) is 32.6 Å². The highest BCUT2D eigenvalue weighted by Crippen LogP contribution is 2.17. The van der Waals surface area contributed by atoms with Gasteiger partial charge in [-0.2, -0.15) is 0 Å². The lowest BCUT2D eigenvalue weighted by molar-refractivity contribution is 0.710. The first-order valence-electron chi connectivity index (χ1n) is 4.79. The van der Waals surface area contributed by atoms with E-state index in [2.05, 4.69) is 28.1 Å². The number of allylic oxidation sites excluding steroid dienone is 1. The maximum absolute atomic E-state index is 4.18. The van der Waals surface area contributed by atoms with E-state index in [0.717, 1.165) is 30.8 Å². The predicted molar refractivity (Wildman–Crippen MR) is 62.2 cm³/mol. The third-order valence-corrected chi connectivity index (χ3v) is 2.36. The summed E-state index contributed by atoms with van der Waals surface area (Å²) in [5.74, 6) is 0. The minimum atomic E-state index is 0.931. The summed E-state index contributed by atoms with van der Waals surface area (Å²) >= 11 is 0. The Balaban J connectivity index is 2.93. The van der Waals surface area contributed by atoms with Gasteiger partial charge in [-0.15, -0.1) is 0 Å². The average Bonchev–Trinajstić information content (AvgIpc) is 2.26. The smallest absolute Gasteiger partial charge is 0.0404 e. The standard InChI is InChI=1S/C11H17N3/c1-9(13-3)11(8-12-2)10-4-6-14-7-5-10/h4,8,14H,2,5-7H2,1,3H3/b11-8+,13-9?. The molecule has 0 amide bonds. The molecule has 0 aromatic carbocycles. The zero-order valence-electron chi connectivity index (χ0n) is 8.88. The molecule has 0 radical (unpaired) electrons. The highest BCUT2D eigenvalue weighted by Gasteiger charge is 2.10. The lowest BCUT2D eigenvalue weighted by Gasteiger charge is -2.16. The summed E-state index contributed by atoms with van der Waals surface area (Å²) in [5, 5.41) is 3.28. The first kappa shape index (κ1) is 10.9. The van der Waals surface area contributed by atoms with Gasteiger partial charge in [-0.1, -0.05) is 6.08 Å². The minimum Gasteiger partial charge on any atom is -0.313 e. The van der Waals surface area contributed by atoms with Crippen molar-refractivity contribution in [3.05, 3.63) is 23.4 Å². The van der Waals surface area contributed by atoms with Gasteiger partial charge in [0.25, 0.3) is 0 Å². The SMILES string of the molecule is C=N/C=C(/C1=CCNCC1)C(C)=NC. The van der Waals surface area contributed by atoms with Gasteiger partial charge in [0.15, 0.2) is 0 Å². The molecule has 0 aromatic rings. The van der Waals surface area contributed by atoms with Crippen LogP contribution in [0.4, 0.5) is 0 Å². The van der Waals surface area contributed by atoms with E-state index in [-0.39, 0.29) is 0 Å². The molecule has 0 aliphatic carbocycles. The van der Waals surface area contributed by atoms with Crippen molar-refractivity contribution in [2.45, 2.75) is 13.3 Å². The van der Waals surface area contributed by atoms with E-state index in [4.69, 9.17) is 0 Å². The van der Waals surface area contributed by atoms with Crippen LogP contribution in [0.2, 0.25) is 0 Å². The van der Waals surface area contributed by atoms with E-state index in [1.807, 2.05) is 6.92 Å². The summed E-state index contributed by atoms with van der Waals surface area (Å²) in [6, 6.07) is 0. The second kappa shape index (κ2) is 5.50. The Morgan fingerprint density at radius 1 is 1.64 bits per heavy atom. The molecule has 0 spiro atoms. The average molecular weight is 191 g/mol. The second-order valence-corrected chi connectivity index (χ2v) is 3.22. The largest absolute Gasteiger partial charge is 0.313 e.